The summed E-state index contributed by atoms with van der Waals surface area (Å²) in [5.74, 6) is -0.411. The maximum Gasteiger partial charge on any atom is 0.350 e. The summed E-state index contributed by atoms with van der Waals surface area (Å²) in [5, 5.41) is 9.43. The molecule has 0 spiro atoms. The largest absolute Gasteiger partial charge is 0.491 e. The molecular formula is C34H36Cl2N8O4. The average molecular weight is 692 g/mol. The second-order valence-corrected chi connectivity index (χ2v) is 13.0. The van der Waals surface area contributed by atoms with Crippen LogP contribution in [0.1, 0.15) is 25.5 Å². The van der Waals surface area contributed by atoms with Crippen LogP contribution in [0.25, 0.3) is 5.69 Å². The molecule has 3 aromatic carbocycles. The zero-order valence-corrected chi connectivity index (χ0v) is 28.2. The highest BCUT2D eigenvalue weighted by Gasteiger charge is 2.45. The molecule has 2 aromatic heterocycles. The summed E-state index contributed by atoms with van der Waals surface area (Å²) >= 11 is 12.7. The fraction of sp³-hybridized carbons (Fsp3) is 0.353. The third-order valence-electron chi connectivity index (χ3n) is 8.63. The van der Waals surface area contributed by atoms with Gasteiger partial charge in [0.05, 0.1) is 23.4 Å². The first kappa shape index (κ1) is 32.2. The van der Waals surface area contributed by atoms with E-state index in [1.165, 1.54) is 11.0 Å². The molecule has 0 amide bonds. The molecule has 2 atom stereocenters. The van der Waals surface area contributed by atoms with Crippen LogP contribution in [-0.2, 0) is 21.8 Å². The van der Waals surface area contributed by atoms with Gasteiger partial charge >= 0.3 is 5.69 Å². The summed E-state index contributed by atoms with van der Waals surface area (Å²) in [6.45, 7) is 8.32. The van der Waals surface area contributed by atoms with Gasteiger partial charge < -0.3 is 24.0 Å². The topological polar surface area (TPSA) is 105 Å². The molecule has 0 N–H and O–H groups in total. The molecule has 2 aliphatic heterocycles. The van der Waals surface area contributed by atoms with Crippen LogP contribution in [0.5, 0.6) is 5.75 Å². The van der Waals surface area contributed by atoms with Crippen LogP contribution in [0.2, 0.25) is 10.0 Å². The molecule has 0 radical (unpaired) electrons. The van der Waals surface area contributed by atoms with E-state index in [1.54, 1.807) is 34.0 Å². The molecule has 2 aliphatic rings. The normalized spacial score (nSPS) is 19.7. The number of nitrogens with zero attached hydrogens (tertiary/aromatic N) is 8. The van der Waals surface area contributed by atoms with Crippen molar-refractivity contribution in [3.8, 4) is 11.4 Å². The van der Waals surface area contributed by atoms with Crippen molar-refractivity contribution in [3.63, 3.8) is 0 Å². The van der Waals surface area contributed by atoms with Crippen molar-refractivity contribution in [2.24, 2.45) is 0 Å². The Morgan fingerprint density at radius 1 is 0.896 bits per heavy atom. The molecule has 4 heterocycles. The van der Waals surface area contributed by atoms with Crippen LogP contribution in [0, 0.1) is 0 Å². The molecule has 2 saturated heterocycles. The molecule has 7 rings (SSSR count). The van der Waals surface area contributed by atoms with Gasteiger partial charge in [-0.05, 0) is 74.5 Å². The maximum atomic E-state index is 12.6. The van der Waals surface area contributed by atoms with E-state index in [0.29, 0.717) is 28.8 Å². The Kier molecular flexibility index (Phi) is 9.15. The number of halogens is 2. The molecule has 250 valence electrons. The van der Waals surface area contributed by atoms with E-state index in [2.05, 4.69) is 49.2 Å². The second kappa shape index (κ2) is 13.6. The Labute approximate surface area is 288 Å². The highest BCUT2D eigenvalue weighted by atomic mass is 35.5. The van der Waals surface area contributed by atoms with Crippen molar-refractivity contribution in [3.05, 3.63) is 112 Å². The minimum Gasteiger partial charge on any atom is -0.491 e. The van der Waals surface area contributed by atoms with Gasteiger partial charge in [-0.15, -0.1) is 0 Å². The Balaban J connectivity index is 0.929. The molecule has 12 nitrogen and oxygen atoms in total. The van der Waals surface area contributed by atoms with E-state index in [9.17, 15) is 4.79 Å². The number of benzene rings is 3. The number of rotatable bonds is 10. The van der Waals surface area contributed by atoms with E-state index in [-0.39, 0.29) is 24.4 Å². The summed E-state index contributed by atoms with van der Waals surface area (Å²) < 4.78 is 23.6. The molecule has 5 aromatic rings. The van der Waals surface area contributed by atoms with E-state index in [4.69, 9.17) is 37.4 Å². The van der Waals surface area contributed by atoms with Gasteiger partial charge in [0.1, 0.15) is 44.0 Å². The number of aromatic nitrogens is 6. The quantitative estimate of drug-likeness (QED) is 0.196. The minimum atomic E-state index is -1.16. The third-order valence-corrected chi connectivity index (χ3v) is 9.18. The van der Waals surface area contributed by atoms with Gasteiger partial charge in [-0.3, -0.25) is 0 Å². The number of hydrogen-bond donors (Lipinski definition) is 0. The molecular weight excluding hydrogens is 655 g/mol. The average Bonchev–Trinajstić information content (AvgIpc) is 3.85. The second-order valence-electron chi connectivity index (χ2n) is 12.1. The molecule has 2 fully saturated rings. The van der Waals surface area contributed by atoms with Crippen molar-refractivity contribution in [2.45, 2.75) is 38.3 Å². The van der Waals surface area contributed by atoms with Crippen LogP contribution >= 0.6 is 23.2 Å². The lowest BCUT2D eigenvalue weighted by Crippen LogP contribution is -2.46. The highest BCUT2D eigenvalue weighted by Crippen LogP contribution is 2.40. The summed E-state index contributed by atoms with van der Waals surface area (Å²) in [5.41, 5.74) is 3.61. The van der Waals surface area contributed by atoms with E-state index >= 15 is 0 Å². The highest BCUT2D eigenvalue weighted by molar-refractivity contribution is 6.35. The minimum absolute atomic E-state index is 0.0136. The monoisotopic (exact) mass is 690 g/mol. The fourth-order valence-electron chi connectivity index (χ4n) is 6.12. The standard InChI is InChI=1S/C34H36Cl2N8O4/c1-24(2)44-33(45)43(23-39-44)28-6-4-26(5-7-28)40-13-15-41(16-14-40)27-8-10-29(11-9-27)46-18-30-19-47-34(48-30,20-42-22-37-21-38-42)31-12-3-25(35)17-32(31)36/h3-12,17,21-24,30H,13-16,18-20H2,1-2H3. The predicted molar refractivity (Wildman–Crippen MR) is 184 cm³/mol. The van der Waals surface area contributed by atoms with Gasteiger partial charge in [-0.25, -0.2) is 23.7 Å². The zero-order chi connectivity index (χ0) is 33.3. The summed E-state index contributed by atoms with van der Waals surface area (Å²) in [6, 6.07) is 21.5. The Bertz CT molecular complexity index is 1890. The van der Waals surface area contributed by atoms with Crippen molar-refractivity contribution in [1.82, 2.24) is 29.1 Å². The molecule has 2 unspecified atom stereocenters. The predicted octanol–water partition coefficient (Wildman–Crippen LogP) is 5.19. The first-order valence-corrected chi connectivity index (χ1v) is 16.6. The van der Waals surface area contributed by atoms with Crippen LogP contribution in [0.4, 0.5) is 11.4 Å². The summed E-state index contributed by atoms with van der Waals surface area (Å²) in [7, 11) is 0. The maximum absolute atomic E-state index is 12.6. The molecule has 48 heavy (non-hydrogen) atoms. The van der Waals surface area contributed by atoms with Crippen LogP contribution < -0.4 is 20.2 Å². The summed E-state index contributed by atoms with van der Waals surface area (Å²) in [4.78, 5) is 21.4. The van der Waals surface area contributed by atoms with Crippen LogP contribution in [0.3, 0.4) is 0 Å². The van der Waals surface area contributed by atoms with E-state index in [0.717, 1.165) is 49.0 Å². The Hall–Kier alpha value is -4.36. The number of ether oxygens (including phenoxy) is 3. The van der Waals surface area contributed by atoms with Gasteiger partial charge in [0, 0.05) is 48.1 Å². The molecule has 0 saturated carbocycles. The number of piperazine rings is 1. The number of anilines is 2. The van der Waals surface area contributed by atoms with Crippen molar-refractivity contribution in [2.75, 3.05) is 49.2 Å². The Morgan fingerprint density at radius 3 is 2.17 bits per heavy atom. The van der Waals surface area contributed by atoms with Gasteiger partial charge in [-0.1, -0.05) is 29.3 Å². The van der Waals surface area contributed by atoms with Crippen molar-refractivity contribution in [1.29, 1.82) is 0 Å². The first-order chi connectivity index (χ1) is 23.3. The van der Waals surface area contributed by atoms with Gasteiger partial charge in [0.2, 0.25) is 5.79 Å². The lowest BCUT2D eigenvalue weighted by molar-refractivity contribution is -0.190. The fourth-order valence-corrected chi connectivity index (χ4v) is 6.67. The van der Waals surface area contributed by atoms with E-state index in [1.807, 2.05) is 44.2 Å². The van der Waals surface area contributed by atoms with Gasteiger partial charge in [0.25, 0.3) is 0 Å². The van der Waals surface area contributed by atoms with E-state index < -0.39 is 5.79 Å². The zero-order valence-electron chi connectivity index (χ0n) is 26.7. The lowest BCUT2D eigenvalue weighted by atomic mass is 10.1. The third kappa shape index (κ3) is 6.66. The van der Waals surface area contributed by atoms with Crippen LogP contribution in [0.15, 0.2) is 90.5 Å². The molecule has 0 bridgehead atoms. The van der Waals surface area contributed by atoms with Crippen LogP contribution in [-0.4, -0.2) is 74.6 Å². The smallest absolute Gasteiger partial charge is 0.350 e. The van der Waals surface area contributed by atoms with Gasteiger partial charge in [-0.2, -0.15) is 10.2 Å². The van der Waals surface area contributed by atoms with Gasteiger partial charge in [0.15, 0.2) is 0 Å². The molecule has 0 aliphatic carbocycles. The first-order valence-electron chi connectivity index (χ1n) is 15.9. The lowest BCUT2D eigenvalue weighted by Gasteiger charge is -2.37. The summed E-state index contributed by atoms with van der Waals surface area (Å²) in [6.07, 6.45) is 4.32. The Morgan fingerprint density at radius 2 is 1.56 bits per heavy atom. The van der Waals surface area contributed by atoms with Crippen molar-refractivity contribution >= 4 is 34.6 Å². The SMILES string of the molecule is CC(C)n1ncn(-c2ccc(N3CCN(c4ccc(OCC5COC(Cn6cncn6)(c6ccc(Cl)cc6Cl)O5)cc4)CC3)cc2)c1=O. The molecule has 14 heteroatoms. The van der Waals surface area contributed by atoms with Crippen molar-refractivity contribution < 1.29 is 14.2 Å². The number of hydrogen-bond acceptors (Lipinski definition) is 9.